The highest BCUT2D eigenvalue weighted by molar-refractivity contribution is 5.95. The molecule has 0 aromatic carbocycles. The molecule has 28 heavy (non-hydrogen) atoms. The third-order valence-corrected chi connectivity index (χ3v) is 4.27. The Morgan fingerprint density at radius 1 is 0.929 bits per heavy atom. The van der Waals surface area contributed by atoms with Gasteiger partial charge >= 0.3 is 5.97 Å². The van der Waals surface area contributed by atoms with E-state index >= 15 is 0 Å². The van der Waals surface area contributed by atoms with Gasteiger partial charge in [-0.2, -0.15) is 0 Å². The average Bonchev–Trinajstić information content (AvgIpc) is 2.61. The van der Waals surface area contributed by atoms with Crippen LogP contribution < -0.4 is 27.4 Å². The zero-order chi connectivity index (χ0) is 22.0. The summed E-state index contributed by atoms with van der Waals surface area (Å²) in [7, 11) is 0. The van der Waals surface area contributed by atoms with Crippen molar-refractivity contribution < 1.29 is 29.1 Å². The van der Waals surface area contributed by atoms with Crippen molar-refractivity contribution in [2.75, 3.05) is 6.54 Å². The molecule has 11 nitrogen and oxygen atoms in total. The highest BCUT2D eigenvalue weighted by Gasteiger charge is 2.32. The second-order valence-electron chi connectivity index (χ2n) is 6.93. The second-order valence-corrected chi connectivity index (χ2v) is 6.93. The van der Waals surface area contributed by atoms with E-state index < -0.39 is 54.1 Å². The molecule has 0 saturated heterocycles. The highest BCUT2D eigenvalue weighted by Crippen LogP contribution is 2.09. The fourth-order valence-corrected chi connectivity index (χ4v) is 2.38. The third-order valence-electron chi connectivity index (χ3n) is 4.27. The van der Waals surface area contributed by atoms with E-state index in [-0.39, 0.29) is 18.4 Å². The Balaban J connectivity index is 5.41. The number of aliphatic carboxylic acids is 1. The Morgan fingerprint density at radius 2 is 1.50 bits per heavy atom. The molecular weight excluding hydrogens is 370 g/mol. The molecule has 0 aromatic heterocycles. The maximum absolute atomic E-state index is 12.5. The number of hydrogen-bond donors (Lipinski definition) is 6. The Hall–Kier alpha value is -2.69. The molecule has 0 saturated carbocycles. The van der Waals surface area contributed by atoms with Gasteiger partial charge in [-0.15, -0.1) is 0 Å². The Morgan fingerprint density at radius 3 is 1.89 bits per heavy atom. The molecule has 0 radical (unpaired) electrons. The lowest BCUT2D eigenvalue weighted by atomic mass is 9.98. The number of primary amides is 1. The molecular formula is C17H31N5O6. The van der Waals surface area contributed by atoms with Crippen LogP contribution in [0.4, 0.5) is 0 Å². The molecule has 0 spiro atoms. The molecule has 0 fully saturated rings. The summed E-state index contributed by atoms with van der Waals surface area (Å²) in [4.78, 5) is 59.3. The minimum absolute atomic E-state index is 0.323. The lowest BCUT2D eigenvalue weighted by Gasteiger charge is -2.26. The Kier molecular flexibility index (Phi) is 10.8. The maximum Gasteiger partial charge on any atom is 0.326 e. The first-order valence-corrected chi connectivity index (χ1v) is 9.05. The molecule has 160 valence electrons. The molecule has 0 bridgehead atoms. The summed E-state index contributed by atoms with van der Waals surface area (Å²) < 4.78 is 0. The zero-order valence-corrected chi connectivity index (χ0v) is 16.7. The fourth-order valence-electron chi connectivity index (χ4n) is 2.38. The minimum atomic E-state index is -1.38. The first-order chi connectivity index (χ1) is 12.9. The molecule has 0 aliphatic heterocycles. The van der Waals surface area contributed by atoms with Gasteiger partial charge in [0.25, 0.3) is 0 Å². The topological polar surface area (TPSA) is 194 Å². The summed E-state index contributed by atoms with van der Waals surface area (Å²) in [6.07, 6.45) is -0.0370. The van der Waals surface area contributed by atoms with Crippen LogP contribution in [0.1, 0.15) is 40.5 Å². The van der Waals surface area contributed by atoms with Crippen LogP contribution >= 0.6 is 0 Å². The number of hydrogen-bond acceptors (Lipinski definition) is 6. The maximum atomic E-state index is 12.5. The van der Waals surface area contributed by atoms with Gasteiger partial charge in [-0.3, -0.25) is 19.2 Å². The number of rotatable bonds is 12. The smallest absolute Gasteiger partial charge is 0.326 e. The summed E-state index contributed by atoms with van der Waals surface area (Å²) >= 11 is 0. The van der Waals surface area contributed by atoms with Crippen molar-refractivity contribution >= 4 is 29.6 Å². The lowest BCUT2D eigenvalue weighted by Crippen LogP contribution is -2.58. The van der Waals surface area contributed by atoms with Gasteiger partial charge in [-0.1, -0.05) is 34.1 Å². The van der Waals surface area contributed by atoms with Crippen LogP contribution in [0, 0.1) is 11.8 Å². The molecule has 0 aliphatic carbocycles. The van der Waals surface area contributed by atoms with Crippen LogP contribution in [0.3, 0.4) is 0 Å². The first-order valence-electron chi connectivity index (χ1n) is 9.05. The van der Waals surface area contributed by atoms with E-state index in [4.69, 9.17) is 11.5 Å². The van der Waals surface area contributed by atoms with Crippen LogP contribution in [0.2, 0.25) is 0 Å². The predicted molar refractivity (Wildman–Crippen MR) is 101 cm³/mol. The molecule has 4 amide bonds. The first kappa shape index (κ1) is 25.3. The van der Waals surface area contributed by atoms with E-state index in [1.807, 2.05) is 0 Å². The summed E-state index contributed by atoms with van der Waals surface area (Å²) in [5, 5.41) is 16.4. The van der Waals surface area contributed by atoms with E-state index in [0.29, 0.717) is 6.42 Å². The zero-order valence-electron chi connectivity index (χ0n) is 16.7. The van der Waals surface area contributed by atoms with Gasteiger partial charge in [0.1, 0.15) is 18.1 Å². The lowest BCUT2D eigenvalue weighted by molar-refractivity contribution is -0.144. The van der Waals surface area contributed by atoms with Crippen molar-refractivity contribution in [3.8, 4) is 0 Å². The largest absolute Gasteiger partial charge is 0.480 e. The van der Waals surface area contributed by atoms with Crippen molar-refractivity contribution in [1.82, 2.24) is 16.0 Å². The summed E-state index contributed by atoms with van der Waals surface area (Å²) in [6.45, 7) is 6.44. The predicted octanol–water partition coefficient (Wildman–Crippen LogP) is -1.94. The number of nitrogens with one attached hydrogen (secondary N) is 3. The molecule has 11 heteroatoms. The molecule has 0 aliphatic rings. The minimum Gasteiger partial charge on any atom is -0.480 e. The van der Waals surface area contributed by atoms with E-state index in [1.165, 1.54) is 0 Å². The number of carbonyl (C=O) groups is 5. The SMILES string of the molecule is CCC(C)C(NC(=O)C(CC(N)=O)NC(=O)C(NC(=O)CN)C(C)C)C(=O)O. The fraction of sp³-hybridized carbons (Fsp3) is 0.706. The molecule has 4 unspecified atom stereocenters. The average molecular weight is 401 g/mol. The number of carbonyl (C=O) groups excluding carboxylic acids is 4. The van der Waals surface area contributed by atoms with Gasteiger partial charge < -0.3 is 32.5 Å². The Labute approximate surface area is 164 Å². The summed E-state index contributed by atoms with van der Waals surface area (Å²) in [5.41, 5.74) is 10.4. The molecule has 4 atom stereocenters. The van der Waals surface area contributed by atoms with Gasteiger partial charge in [0.05, 0.1) is 13.0 Å². The van der Waals surface area contributed by atoms with Crippen LogP contribution in [0.5, 0.6) is 0 Å². The number of carboxylic acid groups (broad SMARTS) is 1. The quantitative estimate of drug-likeness (QED) is 0.219. The van der Waals surface area contributed by atoms with E-state index in [0.717, 1.165) is 0 Å². The molecule has 0 aromatic rings. The monoisotopic (exact) mass is 401 g/mol. The van der Waals surface area contributed by atoms with Crippen molar-refractivity contribution in [2.24, 2.45) is 23.3 Å². The van der Waals surface area contributed by atoms with Crippen molar-refractivity contribution in [3.63, 3.8) is 0 Å². The van der Waals surface area contributed by atoms with Crippen molar-refractivity contribution in [1.29, 1.82) is 0 Å². The number of nitrogens with two attached hydrogens (primary N) is 2. The van der Waals surface area contributed by atoms with Crippen LogP contribution in [-0.4, -0.2) is 59.4 Å². The molecule has 0 heterocycles. The van der Waals surface area contributed by atoms with E-state index in [9.17, 15) is 29.1 Å². The molecule has 0 rings (SSSR count). The van der Waals surface area contributed by atoms with Crippen LogP contribution in [-0.2, 0) is 24.0 Å². The van der Waals surface area contributed by atoms with Crippen molar-refractivity contribution in [2.45, 2.75) is 58.7 Å². The normalized spacial score (nSPS) is 15.1. The van der Waals surface area contributed by atoms with E-state index in [2.05, 4.69) is 16.0 Å². The summed E-state index contributed by atoms with van der Waals surface area (Å²) in [6, 6.07) is -3.57. The Bertz CT molecular complexity index is 595. The van der Waals surface area contributed by atoms with Crippen LogP contribution in [0.15, 0.2) is 0 Å². The van der Waals surface area contributed by atoms with Crippen molar-refractivity contribution in [3.05, 3.63) is 0 Å². The van der Waals surface area contributed by atoms with E-state index in [1.54, 1.807) is 27.7 Å². The third kappa shape index (κ3) is 8.33. The summed E-state index contributed by atoms with van der Waals surface area (Å²) in [5.74, 6) is -4.93. The van der Waals surface area contributed by atoms with Gasteiger partial charge in [0.15, 0.2) is 0 Å². The standard InChI is InChI=1S/C17H31N5O6/c1-5-9(4)14(17(27)28)22-15(25)10(6-11(19)23)20-16(26)13(8(2)3)21-12(24)7-18/h8-10,13-14H,5-7,18H2,1-4H3,(H2,19,23)(H,20,26)(H,21,24)(H,22,25)(H,27,28). The van der Waals surface area contributed by atoms with Crippen LogP contribution in [0.25, 0.3) is 0 Å². The van der Waals surface area contributed by atoms with Gasteiger partial charge in [-0.05, 0) is 11.8 Å². The number of amides is 4. The van der Waals surface area contributed by atoms with Gasteiger partial charge in [0.2, 0.25) is 23.6 Å². The second kappa shape index (κ2) is 11.9. The molecule has 8 N–H and O–H groups in total. The van der Waals surface area contributed by atoms with Gasteiger partial charge in [-0.25, -0.2) is 4.79 Å². The van der Waals surface area contributed by atoms with Gasteiger partial charge in [0, 0.05) is 0 Å². The number of carboxylic acids is 1. The highest BCUT2D eigenvalue weighted by atomic mass is 16.4.